The summed E-state index contributed by atoms with van der Waals surface area (Å²) >= 11 is 0. The van der Waals surface area contributed by atoms with E-state index in [4.69, 9.17) is 9.84 Å². The molecule has 0 aliphatic carbocycles. The van der Waals surface area contributed by atoms with Gasteiger partial charge in [-0.25, -0.2) is 4.98 Å². The molecule has 0 atom stereocenters. The molecule has 1 aliphatic heterocycles. The fourth-order valence-electron chi connectivity index (χ4n) is 2.30. The summed E-state index contributed by atoms with van der Waals surface area (Å²) in [5, 5.41) is 11.7. The fraction of sp³-hybridized carbons (Fsp3) is 0.571. The summed E-state index contributed by atoms with van der Waals surface area (Å²) in [7, 11) is 1.79. The van der Waals surface area contributed by atoms with E-state index in [-0.39, 0.29) is 18.6 Å². The number of pyridine rings is 1. The third kappa shape index (κ3) is 3.68. The summed E-state index contributed by atoms with van der Waals surface area (Å²) in [4.78, 5) is 18.3. The Morgan fingerprint density at radius 2 is 2.25 bits per heavy atom. The van der Waals surface area contributed by atoms with Crippen LogP contribution in [0, 0.1) is 0 Å². The number of aliphatic hydroxyl groups is 1. The van der Waals surface area contributed by atoms with Crippen LogP contribution in [-0.4, -0.2) is 60.4 Å². The van der Waals surface area contributed by atoms with Gasteiger partial charge in [-0.2, -0.15) is 0 Å². The average molecular weight is 279 g/mol. The molecule has 1 aromatic rings. The van der Waals surface area contributed by atoms with Gasteiger partial charge in [-0.3, -0.25) is 4.79 Å². The molecular weight excluding hydrogens is 258 g/mol. The third-order valence-corrected chi connectivity index (χ3v) is 3.44. The van der Waals surface area contributed by atoms with E-state index < -0.39 is 0 Å². The molecule has 2 N–H and O–H groups in total. The lowest BCUT2D eigenvalue weighted by Gasteiger charge is -2.31. The molecule has 0 radical (unpaired) electrons. The van der Waals surface area contributed by atoms with Crippen LogP contribution >= 0.6 is 0 Å². The van der Waals surface area contributed by atoms with Crippen LogP contribution in [0.5, 0.6) is 0 Å². The van der Waals surface area contributed by atoms with Crippen molar-refractivity contribution in [3.05, 3.63) is 23.9 Å². The van der Waals surface area contributed by atoms with Crippen molar-refractivity contribution >= 4 is 11.7 Å². The number of amides is 1. The largest absolute Gasteiger partial charge is 0.394 e. The Morgan fingerprint density at radius 1 is 1.50 bits per heavy atom. The van der Waals surface area contributed by atoms with E-state index in [1.165, 1.54) is 0 Å². The predicted octanol–water partition coefficient (Wildman–Crippen LogP) is 0.737. The molecule has 2 rings (SSSR count). The second-order valence-electron chi connectivity index (χ2n) is 4.77. The van der Waals surface area contributed by atoms with Gasteiger partial charge >= 0.3 is 0 Å². The summed E-state index contributed by atoms with van der Waals surface area (Å²) in [5.74, 6) is 0.762. The number of anilines is 1. The number of aliphatic hydroxyl groups excluding tert-OH is 1. The van der Waals surface area contributed by atoms with Gasteiger partial charge in [-0.15, -0.1) is 0 Å². The van der Waals surface area contributed by atoms with Gasteiger partial charge in [0.2, 0.25) is 0 Å². The maximum atomic E-state index is 12.3. The van der Waals surface area contributed by atoms with E-state index in [0.29, 0.717) is 25.3 Å². The molecule has 1 saturated heterocycles. The van der Waals surface area contributed by atoms with Crippen LogP contribution in [0.3, 0.4) is 0 Å². The van der Waals surface area contributed by atoms with Gasteiger partial charge in [0.1, 0.15) is 5.82 Å². The number of ether oxygens (including phenoxy) is 1. The molecule has 0 spiro atoms. The van der Waals surface area contributed by atoms with Gasteiger partial charge in [0, 0.05) is 26.3 Å². The minimum atomic E-state index is 0.0146. The van der Waals surface area contributed by atoms with Crippen molar-refractivity contribution in [2.24, 2.45) is 0 Å². The zero-order valence-corrected chi connectivity index (χ0v) is 11.7. The number of likely N-dealkylation sites (tertiary alicyclic amines) is 1. The molecular formula is C14H21N3O3. The van der Waals surface area contributed by atoms with Gasteiger partial charge in [0.25, 0.3) is 5.91 Å². The summed E-state index contributed by atoms with van der Waals surface area (Å²) in [5.41, 5.74) is 0.610. The maximum Gasteiger partial charge on any atom is 0.255 e. The molecule has 1 aliphatic rings. The van der Waals surface area contributed by atoms with Crippen molar-refractivity contribution < 1.29 is 14.6 Å². The molecule has 0 bridgehead atoms. The number of hydrogen-bond donors (Lipinski definition) is 2. The molecule has 0 saturated carbocycles. The Balaban J connectivity index is 1.87. The number of nitrogens with zero attached hydrogens (tertiary/aromatic N) is 2. The first kappa shape index (κ1) is 14.7. The van der Waals surface area contributed by atoms with Gasteiger partial charge in [-0.05, 0) is 25.0 Å². The molecule has 1 aromatic heterocycles. The van der Waals surface area contributed by atoms with E-state index in [0.717, 1.165) is 18.7 Å². The van der Waals surface area contributed by atoms with Crippen LogP contribution in [-0.2, 0) is 4.74 Å². The highest BCUT2D eigenvalue weighted by molar-refractivity contribution is 5.94. The molecule has 20 heavy (non-hydrogen) atoms. The summed E-state index contributed by atoms with van der Waals surface area (Å²) in [6, 6.07) is 3.58. The molecule has 0 aromatic carbocycles. The summed E-state index contributed by atoms with van der Waals surface area (Å²) < 4.78 is 5.49. The van der Waals surface area contributed by atoms with Crippen LogP contribution in [0.2, 0.25) is 0 Å². The molecule has 6 nitrogen and oxygen atoms in total. The lowest BCUT2D eigenvalue weighted by Crippen LogP contribution is -2.41. The molecule has 1 fully saturated rings. The van der Waals surface area contributed by atoms with Gasteiger partial charge in [0.05, 0.1) is 24.9 Å². The number of carbonyl (C=O) groups excluding carboxylic acids is 1. The van der Waals surface area contributed by atoms with Crippen molar-refractivity contribution in [3.8, 4) is 0 Å². The highest BCUT2D eigenvalue weighted by Crippen LogP contribution is 2.16. The summed E-state index contributed by atoms with van der Waals surface area (Å²) in [6.07, 6.45) is 3.38. The summed E-state index contributed by atoms with van der Waals surface area (Å²) in [6.45, 7) is 1.78. The first-order valence-electron chi connectivity index (χ1n) is 6.90. The van der Waals surface area contributed by atoms with Crippen LogP contribution in [0.1, 0.15) is 23.2 Å². The van der Waals surface area contributed by atoms with E-state index in [2.05, 4.69) is 10.3 Å². The molecule has 1 amide bonds. The Hall–Kier alpha value is -1.66. The smallest absolute Gasteiger partial charge is 0.255 e. The number of hydrogen-bond acceptors (Lipinski definition) is 5. The quantitative estimate of drug-likeness (QED) is 0.831. The zero-order chi connectivity index (χ0) is 14.4. The zero-order valence-electron chi connectivity index (χ0n) is 11.7. The first-order valence-corrected chi connectivity index (χ1v) is 6.90. The molecule has 0 unspecified atom stereocenters. The van der Waals surface area contributed by atoms with Crippen molar-refractivity contribution in [1.82, 2.24) is 9.88 Å². The van der Waals surface area contributed by atoms with Crippen LogP contribution in [0.4, 0.5) is 5.82 Å². The van der Waals surface area contributed by atoms with Crippen molar-refractivity contribution in [2.75, 3.05) is 38.7 Å². The van der Waals surface area contributed by atoms with E-state index in [9.17, 15) is 4.79 Å². The van der Waals surface area contributed by atoms with E-state index in [1.54, 1.807) is 25.4 Å². The highest BCUT2D eigenvalue weighted by atomic mass is 16.5. The molecule has 6 heteroatoms. The normalized spacial score (nSPS) is 16.2. The van der Waals surface area contributed by atoms with Gasteiger partial charge < -0.3 is 20.1 Å². The lowest BCUT2D eigenvalue weighted by molar-refractivity contribution is -0.00554. The lowest BCUT2D eigenvalue weighted by atomic mass is 10.1. The number of rotatable bonds is 5. The van der Waals surface area contributed by atoms with Gasteiger partial charge in [0.15, 0.2) is 0 Å². The molecule has 110 valence electrons. The topological polar surface area (TPSA) is 74.7 Å². The standard InChI is InChI=1S/C14H21N3O3/c1-15-13-3-2-11(10-16-13)14(19)17-6-4-12(5-7-17)20-9-8-18/h2-3,10,12,18H,4-9H2,1H3,(H,15,16). The minimum Gasteiger partial charge on any atom is -0.394 e. The average Bonchev–Trinajstić information content (AvgIpc) is 2.53. The second kappa shape index (κ2) is 7.21. The maximum absolute atomic E-state index is 12.3. The van der Waals surface area contributed by atoms with E-state index >= 15 is 0 Å². The Labute approximate surface area is 118 Å². The molecule has 2 heterocycles. The minimum absolute atomic E-state index is 0.0146. The number of aromatic nitrogens is 1. The fourth-order valence-corrected chi connectivity index (χ4v) is 2.30. The van der Waals surface area contributed by atoms with Gasteiger partial charge in [-0.1, -0.05) is 0 Å². The Bertz CT molecular complexity index is 428. The Kier molecular flexibility index (Phi) is 5.31. The van der Waals surface area contributed by atoms with Crippen molar-refractivity contribution in [2.45, 2.75) is 18.9 Å². The number of carbonyl (C=O) groups is 1. The van der Waals surface area contributed by atoms with Crippen LogP contribution in [0.15, 0.2) is 18.3 Å². The third-order valence-electron chi connectivity index (χ3n) is 3.44. The number of piperidine rings is 1. The van der Waals surface area contributed by atoms with Crippen LogP contribution in [0.25, 0.3) is 0 Å². The SMILES string of the molecule is CNc1ccc(C(=O)N2CCC(OCCO)CC2)cn1. The highest BCUT2D eigenvalue weighted by Gasteiger charge is 2.24. The predicted molar refractivity (Wildman–Crippen MR) is 75.7 cm³/mol. The first-order chi connectivity index (χ1) is 9.74. The van der Waals surface area contributed by atoms with Crippen LogP contribution < -0.4 is 5.32 Å². The number of nitrogens with one attached hydrogen (secondary N) is 1. The monoisotopic (exact) mass is 279 g/mol. The van der Waals surface area contributed by atoms with Crippen molar-refractivity contribution in [3.63, 3.8) is 0 Å². The van der Waals surface area contributed by atoms with E-state index in [1.807, 2.05) is 4.90 Å². The Morgan fingerprint density at radius 3 is 2.80 bits per heavy atom. The van der Waals surface area contributed by atoms with Crippen molar-refractivity contribution in [1.29, 1.82) is 0 Å². The second-order valence-corrected chi connectivity index (χ2v) is 4.77.